The van der Waals surface area contributed by atoms with E-state index in [2.05, 4.69) is 69.9 Å². The summed E-state index contributed by atoms with van der Waals surface area (Å²) >= 11 is 5.22. The predicted octanol–water partition coefficient (Wildman–Crippen LogP) is 4.23. The summed E-state index contributed by atoms with van der Waals surface area (Å²) < 4.78 is 1.20. The second kappa shape index (κ2) is 6.34. The van der Waals surface area contributed by atoms with Gasteiger partial charge in [-0.05, 0) is 51.8 Å². The number of hydrogen-bond acceptors (Lipinski definition) is 2. The predicted molar refractivity (Wildman–Crippen MR) is 78.5 cm³/mol. The van der Waals surface area contributed by atoms with Crippen molar-refractivity contribution in [2.24, 2.45) is 0 Å². The third kappa shape index (κ3) is 4.26. The fraction of sp³-hybridized carbons (Fsp3) is 0.286. The van der Waals surface area contributed by atoms with Crippen LogP contribution >= 0.6 is 27.3 Å². The lowest BCUT2D eigenvalue weighted by Crippen LogP contribution is -2.27. The standard InChI is InChI=1S/C14H16BrNS/c1-11(7-12-5-3-2-4-6-12)16-9-13-8-14(15)17-10-13/h2-6,8,10-11,16H,7,9H2,1H3. The number of thiophene rings is 1. The van der Waals surface area contributed by atoms with Crippen LogP contribution in [-0.4, -0.2) is 6.04 Å². The van der Waals surface area contributed by atoms with E-state index in [-0.39, 0.29) is 0 Å². The Morgan fingerprint density at radius 3 is 2.65 bits per heavy atom. The zero-order valence-corrected chi connectivity index (χ0v) is 12.2. The Kier molecular flexibility index (Phi) is 4.77. The van der Waals surface area contributed by atoms with Crippen molar-refractivity contribution in [3.05, 3.63) is 56.7 Å². The van der Waals surface area contributed by atoms with E-state index in [0.29, 0.717) is 6.04 Å². The van der Waals surface area contributed by atoms with E-state index in [9.17, 15) is 0 Å². The van der Waals surface area contributed by atoms with Gasteiger partial charge in [-0.1, -0.05) is 30.3 Å². The van der Waals surface area contributed by atoms with Crippen LogP contribution in [0.3, 0.4) is 0 Å². The van der Waals surface area contributed by atoms with Crippen molar-refractivity contribution in [1.29, 1.82) is 0 Å². The molecule has 1 aromatic carbocycles. The lowest BCUT2D eigenvalue weighted by Gasteiger charge is -2.13. The normalized spacial score (nSPS) is 12.6. The molecular weight excluding hydrogens is 294 g/mol. The minimum Gasteiger partial charge on any atom is -0.310 e. The van der Waals surface area contributed by atoms with Gasteiger partial charge in [0.2, 0.25) is 0 Å². The van der Waals surface area contributed by atoms with Gasteiger partial charge < -0.3 is 5.32 Å². The fourth-order valence-corrected chi connectivity index (χ4v) is 2.98. The minimum atomic E-state index is 0.496. The van der Waals surface area contributed by atoms with Gasteiger partial charge >= 0.3 is 0 Å². The van der Waals surface area contributed by atoms with Gasteiger partial charge in [-0.3, -0.25) is 0 Å². The van der Waals surface area contributed by atoms with Crippen molar-refractivity contribution in [1.82, 2.24) is 5.32 Å². The van der Waals surface area contributed by atoms with Gasteiger partial charge in [0, 0.05) is 12.6 Å². The van der Waals surface area contributed by atoms with Gasteiger partial charge in [0.15, 0.2) is 0 Å². The second-order valence-electron chi connectivity index (χ2n) is 4.23. The Morgan fingerprint density at radius 2 is 2.00 bits per heavy atom. The summed E-state index contributed by atoms with van der Waals surface area (Å²) in [6.45, 7) is 3.17. The molecule has 1 heterocycles. The van der Waals surface area contributed by atoms with E-state index in [0.717, 1.165) is 13.0 Å². The van der Waals surface area contributed by atoms with E-state index in [1.807, 2.05) is 0 Å². The summed E-state index contributed by atoms with van der Waals surface area (Å²) in [6.07, 6.45) is 1.08. The van der Waals surface area contributed by atoms with Gasteiger partial charge in [-0.2, -0.15) is 0 Å². The first kappa shape index (κ1) is 12.8. The molecule has 3 heteroatoms. The highest BCUT2D eigenvalue weighted by Crippen LogP contribution is 2.20. The minimum absolute atomic E-state index is 0.496. The van der Waals surface area contributed by atoms with E-state index < -0.39 is 0 Å². The van der Waals surface area contributed by atoms with Crippen LogP contribution in [0, 0.1) is 0 Å². The van der Waals surface area contributed by atoms with Gasteiger partial charge in [0.25, 0.3) is 0 Å². The molecule has 0 aliphatic heterocycles. The first-order valence-corrected chi connectivity index (χ1v) is 7.41. The summed E-state index contributed by atoms with van der Waals surface area (Å²) in [4.78, 5) is 0. The Bertz CT molecular complexity index is 452. The molecule has 0 saturated heterocycles. The lowest BCUT2D eigenvalue weighted by atomic mass is 10.1. The zero-order valence-electron chi connectivity index (χ0n) is 9.82. The monoisotopic (exact) mass is 309 g/mol. The molecule has 1 aromatic heterocycles. The molecular formula is C14H16BrNS. The summed E-state index contributed by atoms with van der Waals surface area (Å²) in [5.74, 6) is 0. The highest BCUT2D eigenvalue weighted by Gasteiger charge is 2.03. The van der Waals surface area contributed by atoms with Crippen molar-refractivity contribution in [3.8, 4) is 0 Å². The van der Waals surface area contributed by atoms with Gasteiger partial charge in [0.1, 0.15) is 0 Å². The Balaban J connectivity index is 1.80. The average molecular weight is 310 g/mol. The smallest absolute Gasteiger partial charge is 0.0701 e. The van der Waals surface area contributed by atoms with Gasteiger partial charge in [-0.25, -0.2) is 0 Å². The Labute approximate surface area is 115 Å². The molecule has 0 bridgehead atoms. The molecule has 90 valence electrons. The van der Waals surface area contributed by atoms with Gasteiger partial charge in [0.05, 0.1) is 3.79 Å². The maximum Gasteiger partial charge on any atom is 0.0701 e. The highest BCUT2D eigenvalue weighted by atomic mass is 79.9. The number of rotatable bonds is 5. The van der Waals surface area contributed by atoms with Gasteiger partial charge in [-0.15, -0.1) is 11.3 Å². The molecule has 0 amide bonds. The summed E-state index contributed by atoms with van der Waals surface area (Å²) in [5, 5.41) is 5.73. The van der Waals surface area contributed by atoms with Crippen molar-refractivity contribution < 1.29 is 0 Å². The largest absolute Gasteiger partial charge is 0.310 e. The molecule has 0 aliphatic carbocycles. The third-order valence-electron chi connectivity index (χ3n) is 2.66. The molecule has 0 fully saturated rings. The molecule has 0 aliphatic rings. The number of benzene rings is 1. The van der Waals surface area contributed by atoms with Crippen LogP contribution < -0.4 is 5.32 Å². The number of nitrogens with one attached hydrogen (secondary N) is 1. The Morgan fingerprint density at radius 1 is 1.24 bits per heavy atom. The lowest BCUT2D eigenvalue weighted by molar-refractivity contribution is 0.546. The molecule has 2 aromatic rings. The SMILES string of the molecule is CC(Cc1ccccc1)NCc1csc(Br)c1. The molecule has 1 nitrogen and oxygen atoms in total. The second-order valence-corrected chi connectivity index (χ2v) is 6.52. The van der Waals surface area contributed by atoms with E-state index >= 15 is 0 Å². The number of hydrogen-bond donors (Lipinski definition) is 1. The molecule has 0 saturated carbocycles. The highest BCUT2D eigenvalue weighted by molar-refractivity contribution is 9.11. The quantitative estimate of drug-likeness (QED) is 0.871. The molecule has 1 unspecified atom stereocenters. The van der Waals surface area contributed by atoms with Crippen LogP contribution in [0.2, 0.25) is 0 Å². The maximum absolute atomic E-state index is 3.55. The zero-order chi connectivity index (χ0) is 12.1. The van der Waals surface area contributed by atoms with E-state index in [4.69, 9.17) is 0 Å². The van der Waals surface area contributed by atoms with Crippen LogP contribution in [-0.2, 0) is 13.0 Å². The molecule has 2 rings (SSSR count). The van der Waals surface area contributed by atoms with Crippen LogP contribution in [0.15, 0.2) is 45.6 Å². The maximum atomic E-state index is 3.55. The van der Waals surface area contributed by atoms with Crippen molar-refractivity contribution >= 4 is 27.3 Å². The van der Waals surface area contributed by atoms with Crippen LogP contribution in [0.4, 0.5) is 0 Å². The van der Waals surface area contributed by atoms with Crippen LogP contribution in [0.5, 0.6) is 0 Å². The van der Waals surface area contributed by atoms with E-state index in [1.165, 1.54) is 14.9 Å². The molecule has 0 spiro atoms. The van der Waals surface area contributed by atoms with Crippen molar-refractivity contribution in [3.63, 3.8) is 0 Å². The van der Waals surface area contributed by atoms with Crippen molar-refractivity contribution in [2.45, 2.75) is 25.9 Å². The summed E-state index contributed by atoms with van der Waals surface area (Å²) in [7, 11) is 0. The molecule has 0 radical (unpaired) electrons. The Hall–Kier alpha value is -0.640. The first-order valence-electron chi connectivity index (χ1n) is 5.74. The average Bonchev–Trinajstić information content (AvgIpc) is 2.74. The topological polar surface area (TPSA) is 12.0 Å². The van der Waals surface area contributed by atoms with Crippen molar-refractivity contribution in [2.75, 3.05) is 0 Å². The van der Waals surface area contributed by atoms with E-state index in [1.54, 1.807) is 11.3 Å². The fourth-order valence-electron chi connectivity index (χ4n) is 1.77. The van der Waals surface area contributed by atoms with Crippen LogP contribution in [0.25, 0.3) is 0 Å². The number of halogens is 1. The van der Waals surface area contributed by atoms with Crippen LogP contribution in [0.1, 0.15) is 18.1 Å². The summed E-state index contributed by atoms with van der Waals surface area (Å²) in [6, 6.07) is 13.3. The molecule has 1 atom stereocenters. The first-order chi connectivity index (χ1) is 8.24. The third-order valence-corrected chi connectivity index (χ3v) is 4.21. The molecule has 1 N–H and O–H groups in total. The molecule has 17 heavy (non-hydrogen) atoms. The summed E-state index contributed by atoms with van der Waals surface area (Å²) in [5.41, 5.74) is 2.74.